The Labute approximate surface area is 151 Å². The van der Waals surface area contributed by atoms with Crippen LogP contribution in [-0.4, -0.2) is 30.9 Å². The predicted molar refractivity (Wildman–Crippen MR) is 96.9 cm³/mol. The van der Waals surface area contributed by atoms with E-state index in [2.05, 4.69) is 10.6 Å². The van der Waals surface area contributed by atoms with Gasteiger partial charge in [-0.1, -0.05) is 30.3 Å². The van der Waals surface area contributed by atoms with Crippen molar-refractivity contribution in [3.63, 3.8) is 0 Å². The van der Waals surface area contributed by atoms with Crippen LogP contribution in [0, 0.1) is 5.92 Å². The van der Waals surface area contributed by atoms with E-state index < -0.39 is 11.9 Å². The second-order valence-corrected chi connectivity index (χ2v) is 6.17. The first-order valence-electron chi connectivity index (χ1n) is 8.53. The van der Waals surface area contributed by atoms with Crippen molar-refractivity contribution in [3.8, 4) is 0 Å². The fourth-order valence-corrected chi connectivity index (χ4v) is 2.37. The molecule has 0 radical (unpaired) electrons. The van der Waals surface area contributed by atoms with Crippen LogP contribution in [0.25, 0.3) is 0 Å². The molecule has 26 heavy (non-hydrogen) atoms. The molecule has 0 spiro atoms. The number of rotatable bonds is 7. The summed E-state index contributed by atoms with van der Waals surface area (Å²) < 4.78 is 5.08. The molecule has 2 aromatic rings. The number of benzene rings is 2. The SMILES string of the molecule is O=C(CNC(=O)c1ccccc1NC(=O)c1ccccc1)OCC1CC1. The molecule has 6 heteroatoms. The van der Waals surface area contributed by atoms with Gasteiger partial charge in [0, 0.05) is 5.56 Å². The normalized spacial score (nSPS) is 12.9. The van der Waals surface area contributed by atoms with Crippen molar-refractivity contribution in [3.05, 3.63) is 65.7 Å². The minimum absolute atomic E-state index is 0.202. The lowest BCUT2D eigenvalue weighted by molar-refractivity contribution is -0.142. The van der Waals surface area contributed by atoms with Crippen LogP contribution >= 0.6 is 0 Å². The number of carbonyl (C=O) groups is 3. The molecular formula is C20H20N2O4. The Morgan fingerprint density at radius 2 is 1.62 bits per heavy atom. The van der Waals surface area contributed by atoms with Crippen LogP contribution in [0.15, 0.2) is 54.6 Å². The number of nitrogens with one attached hydrogen (secondary N) is 2. The Morgan fingerprint density at radius 1 is 0.923 bits per heavy atom. The Kier molecular flexibility index (Phi) is 5.63. The van der Waals surface area contributed by atoms with E-state index in [-0.39, 0.29) is 18.0 Å². The van der Waals surface area contributed by atoms with E-state index in [1.54, 1.807) is 48.5 Å². The summed E-state index contributed by atoms with van der Waals surface area (Å²) in [4.78, 5) is 36.3. The number of amides is 2. The minimum Gasteiger partial charge on any atom is -0.464 e. The van der Waals surface area contributed by atoms with Crippen molar-refractivity contribution in [2.24, 2.45) is 5.92 Å². The largest absolute Gasteiger partial charge is 0.464 e. The van der Waals surface area contributed by atoms with Crippen LogP contribution in [0.2, 0.25) is 0 Å². The number of para-hydroxylation sites is 1. The molecule has 1 fully saturated rings. The highest BCUT2D eigenvalue weighted by Crippen LogP contribution is 2.28. The van der Waals surface area contributed by atoms with Gasteiger partial charge in [0.25, 0.3) is 11.8 Å². The summed E-state index contributed by atoms with van der Waals surface area (Å²) in [7, 11) is 0. The zero-order chi connectivity index (χ0) is 18.4. The monoisotopic (exact) mass is 352 g/mol. The zero-order valence-electron chi connectivity index (χ0n) is 14.2. The summed E-state index contributed by atoms with van der Waals surface area (Å²) in [6, 6.07) is 15.4. The van der Waals surface area contributed by atoms with Gasteiger partial charge in [-0.15, -0.1) is 0 Å². The van der Waals surface area contributed by atoms with Crippen molar-refractivity contribution < 1.29 is 19.1 Å². The van der Waals surface area contributed by atoms with Crippen LogP contribution < -0.4 is 10.6 Å². The molecule has 0 unspecified atom stereocenters. The first-order valence-corrected chi connectivity index (χ1v) is 8.53. The van der Waals surface area contributed by atoms with E-state index >= 15 is 0 Å². The van der Waals surface area contributed by atoms with E-state index in [4.69, 9.17) is 4.74 Å². The fraction of sp³-hybridized carbons (Fsp3) is 0.250. The van der Waals surface area contributed by atoms with Crippen LogP contribution in [-0.2, 0) is 9.53 Å². The summed E-state index contributed by atoms with van der Waals surface area (Å²) in [5.74, 6) is -0.744. The van der Waals surface area contributed by atoms with Crippen LogP contribution in [0.3, 0.4) is 0 Å². The van der Waals surface area contributed by atoms with Crippen molar-refractivity contribution in [2.45, 2.75) is 12.8 Å². The third-order valence-corrected chi connectivity index (χ3v) is 4.03. The summed E-state index contributed by atoms with van der Waals surface area (Å²) in [6.45, 7) is 0.213. The molecule has 0 saturated heterocycles. The third kappa shape index (κ3) is 4.92. The molecule has 0 aromatic heterocycles. The number of hydrogen-bond acceptors (Lipinski definition) is 4. The van der Waals surface area contributed by atoms with Gasteiger partial charge >= 0.3 is 5.97 Å². The van der Waals surface area contributed by atoms with Gasteiger partial charge in [0.05, 0.1) is 17.9 Å². The average Bonchev–Trinajstić information content (AvgIpc) is 3.50. The van der Waals surface area contributed by atoms with E-state index in [1.807, 2.05) is 6.07 Å². The number of ether oxygens (including phenoxy) is 1. The molecule has 2 aromatic carbocycles. The van der Waals surface area contributed by atoms with Gasteiger partial charge in [0.15, 0.2) is 0 Å². The smallest absolute Gasteiger partial charge is 0.325 e. The molecule has 1 aliphatic carbocycles. The Morgan fingerprint density at radius 3 is 2.35 bits per heavy atom. The molecule has 3 rings (SSSR count). The minimum atomic E-state index is -0.462. The van der Waals surface area contributed by atoms with E-state index in [1.165, 1.54) is 0 Å². The molecule has 134 valence electrons. The Hall–Kier alpha value is -3.15. The molecule has 2 amide bonds. The molecule has 2 N–H and O–H groups in total. The molecule has 0 aliphatic heterocycles. The maximum atomic E-state index is 12.4. The van der Waals surface area contributed by atoms with Crippen molar-refractivity contribution in [2.75, 3.05) is 18.5 Å². The molecule has 6 nitrogen and oxygen atoms in total. The van der Waals surface area contributed by atoms with Gasteiger partial charge in [-0.3, -0.25) is 14.4 Å². The maximum absolute atomic E-state index is 12.4. The van der Waals surface area contributed by atoms with Gasteiger partial charge in [-0.05, 0) is 43.0 Å². The molecular weight excluding hydrogens is 332 g/mol. The highest BCUT2D eigenvalue weighted by molar-refractivity contribution is 6.09. The maximum Gasteiger partial charge on any atom is 0.325 e. The topological polar surface area (TPSA) is 84.5 Å². The highest BCUT2D eigenvalue weighted by Gasteiger charge is 2.23. The molecule has 0 heterocycles. The van der Waals surface area contributed by atoms with E-state index in [9.17, 15) is 14.4 Å². The number of anilines is 1. The van der Waals surface area contributed by atoms with Crippen LogP contribution in [0.1, 0.15) is 33.6 Å². The van der Waals surface area contributed by atoms with Gasteiger partial charge in [0.2, 0.25) is 0 Å². The first kappa shape index (κ1) is 17.7. The first-order chi connectivity index (χ1) is 12.6. The van der Waals surface area contributed by atoms with Crippen molar-refractivity contribution >= 4 is 23.5 Å². The number of esters is 1. The molecule has 0 atom stereocenters. The van der Waals surface area contributed by atoms with Gasteiger partial charge in [0.1, 0.15) is 6.54 Å². The lowest BCUT2D eigenvalue weighted by Gasteiger charge is -2.11. The Bertz CT molecular complexity index is 800. The number of hydrogen-bond donors (Lipinski definition) is 2. The lowest BCUT2D eigenvalue weighted by Crippen LogP contribution is -2.31. The molecule has 1 saturated carbocycles. The third-order valence-electron chi connectivity index (χ3n) is 4.03. The Balaban J connectivity index is 1.59. The second-order valence-electron chi connectivity index (χ2n) is 6.17. The lowest BCUT2D eigenvalue weighted by atomic mass is 10.1. The average molecular weight is 352 g/mol. The van der Waals surface area contributed by atoms with Crippen LogP contribution in [0.4, 0.5) is 5.69 Å². The van der Waals surface area contributed by atoms with E-state index in [0.717, 1.165) is 12.8 Å². The summed E-state index contributed by atoms with van der Waals surface area (Å²) >= 11 is 0. The highest BCUT2D eigenvalue weighted by atomic mass is 16.5. The van der Waals surface area contributed by atoms with Crippen LogP contribution in [0.5, 0.6) is 0 Å². The van der Waals surface area contributed by atoms with Gasteiger partial charge in [-0.2, -0.15) is 0 Å². The summed E-state index contributed by atoms with van der Waals surface area (Å²) in [5.41, 5.74) is 1.16. The summed E-state index contributed by atoms with van der Waals surface area (Å²) in [5, 5.41) is 5.26. The van der Waals surface area contributed by atoms with Crippen molar-refractivity contribution in [1.82, 2.24) is 5.32 Å². The quantitative estimate of drug-likeness (QED) is 0.750. The molecule has 1 aliphatic rings. The van der Waals surface area contributed by atoms with Gasteiger partial charge in [-0.25, -0.2) is 0 Å². The standard InChI is InChI=1S/C20H20N2O4/c23-18(26-13-14-10-11-14)12-21-20(25)16-8-4-5-9-17(16)22-19(24)15-6-2-1-3-7-15/h1-9,14H,10-13H2,(H,21,25)(H,22,24). The summed E-state index contributed by atoms with van der Waals surface area (Å²) in [6.07, 6.45) is 2.18. The zero-order valence-corrected chi connectivity index (χ0v) is 14.2. The molecule has 0 bridgehead atoms. The fourth-order valence-electron chi connectivity index (χ4n) is 2.37. The van der Waals surface area contributed by atoms with E-state index in [0.29, 0.717) is 23.8 Å². The van der Waals surface area contributed by atoms with Crippen molar-refractivity contribution in [1.29, 1.82) is 0 Å². The second kappa shape index (κ2) is 8.29. The van der Waals surface area contributed by atoms with Gasteiger partial charge < -0.3 is 15.4 Å². The number of carbonyl (C=O) groups excluding carboxylic acids is 3. The predicted octanol–water partition coefficient (Wildman–Crippen LogP) is 2.62.